The Hall–Kier alpha value is -3.99. The number of nitrogens with zero attached hydrogens (tertiary/aromatic N) is 2. The number of aromatic nitrogens is 1. The number of nitrogens with one attached hydrogen (secondary N) is 1. The minimum atomic E-state index is -4.40. The van der Waals surface area contributed by atoms with E-state index in [0.29, 0.717) is 28.8 Å². The summed E-state index contributed by atoms with van der Waals surface area (Å²) in [6, 6.07) is 22.5. The molecule has 4 nitrogen and oxygen atoms in total. The number of nitriles is 1. The van der Waals surface area contributed by atoms with Crippen LogP contribution in [0.4, 0.5) is 13.2 Å². The first kappa shape index (κ1) is 29.6. The topological polar surface area (TPSA) is 74.7 Å². The first-order chi connectivity index (χ1) is 18.7. The van der Waals surface area contributed by atoms with Crippen molar-refractivity contribution in [2.75, 3.05) is 0 Å². The second kappa shape index (κ2) is 13.2. The van der Waals surface area contributed by atoms with Crippen molar-refractivity contribution < 1.29 is 13.2 Å². The zero-order valence-corrected chi connectivity index (χ0v) is 22.3. The Morgan fingerprint density at radius 1 is 1.03 bits per heavy atom. The fourth-order valence-corrected chi connectivity index (χ4v) is 4.43. The number of hydrogen-bond acceptors (Lipinski definition) is 4. The summed E-state index contributed by atoms with van der Waals surface area (Å²) in [5.74, 6) is -1.71. The van der Waals surface area contributed by atoms with E-state index < -0.39 is 23.8 Å². The number of alkyl halides is 3. The van der Waals surface area contributed by atoms with E-state index in [2.05, 4.69) is 11.4 Å². The summed E-state index contributed by atoms with van der Waals surface area (Å²) < 4.78 is 40.7. The second-order valence-electron chi connectivity index (χ2n) is 9.08. The van der Waals surface area contributed by atoms with Crippen molar-refractivity contribution in [3.05, 3.63) is 137 Å². The van der Waals surface area contributed by atoms with Crippen molar-refractivity contribution >= 4 is 0 Å². The van der Waals surface area contributed by atoms with Gasteiger partial charge in [0.1, 0.15) is 0 Å². The summed E-state index contributed by atoms with van der Waals surface area (Å²) in [6.07, 6.45) is 3.87. The van der Waals surface area contributed by atoms with Crippen molar-refractivity contribution in [1.82, 2.24) is 10.3 Å². The molecule has 39 heavy (non-hydrogen) atoms. The average Bonchev–Trinajstić information content (AvgIpc) is 3.22. The predicted octanol–water partition coefficient (Wildman–Crippen LogP) is 7.20. The second-order valence-corrected chi connectivity index (χ2v) is 9.08. The highest BCUT2D eigenvalue weighted by Gasteiger charge is 2.41. The number of rotatable bonds is 7. The van der Waals surface area contributed by atoms with Gasteiger partial charge in [-0.05, 0) is 47.4 Å². The van der Waals surface area contributed by atoms with Crippen molar-refractivity contribution in [2.45, 2.75) is 45.1 Å². The molecule has 0 aliphatic heterocycles. The van der Waals surface area contributed by atoms with Gasteiger partial charge in [-0.1, -0.05) is 92.8 Å². The fourth-order valence-electron chi connectivity index (χ4n) is 4.43. The van der Waals surface area contributed by atoms with Gasteiger partial charge in [0.05, 0.1) is 34.9 Å². The molecule has 0 spiro atoms. The molecule has 3 aromatic rings. The van der Waals surface area contributed by atoms with E-state index >= 15 is 0 Å². The van der Waals surface area contributed by atoms with Crippen molar-refractivity contribution in [1.29, 1.82) is 5.26 Å². The smallest absolute Gasteiger partial charge is 0.312 e. The van der Waals surface area contributed by atoms with Gasteiger partial charge in [-0.2, -0.15) is 18.4 Å². The van der Waals surface area contributed by atoms with Crippen LogP contribution in [0.3, 0.4) is 0 Å². The van der Waals surface area contributed by atoms with Gasteiger partial charge in [-0.25, -0.2) is 0 Å². The van der Waals surface area contributed by atoms with Gasteiger partial charge in [0.15, 0.2) is 0 Å². The Kier molecular flexibility index (Phi) is 10.00. The Morgan fingerprint density at radius 2 is 1.77 bits per heavy atom. The van der Waals surface area contributed by atoms with Crippen LogP contribution < -0.4 is 11.1 Å². The first-order valence-corrected chi connectivity index (χ1v) is 12.9. The number of pyridine rings is 1. The zero-order chi connectivity index (χ0) is 28.5. The maximum atomic E-state index is 13.6. The SMILES string of the molecule is CC.Cc1ccc(C(Cc2ccccc2)(NC(N)c2cccc(C#N)c2)C2=CC=CC(C(F)(F)F)C=C2)nc1. The standard InChI is InChI=1S/C30H27F3N4.C2H6/c1-21-13-16-27(36-20-21)29(18-22-7-3-2-4-8-22,25-11-6-12-26(15-14-25)30(31,32)33)37-28(35)24-10-5-9-23(17-24)19-34;1-2/h2-17,20,26,28,37H,18,35H2,1H3;1-2H3. The molecule has 0 amide bonds. The van der Waals surface area contributed by atoms with Gasteiger partial charge in [0.25, 0.3) is 0 Å². The minimum Gasteiger partial charge on any atom is -0.312 e. The molecule has 3 atom stereocenters. The van der Waals surface area contributed by atoms with Crippen molar-refractivity contribution in [3.8, 4) is 6.07 Å². The molecule has 3 N–H and O–H groups in total. The van der Waals surface area contributed by atoms with Gasteiger partial charge in [-0.15, -0.1) is 0 Å². The fraction of sp³-hybridized carbons (Fsp3) is 0.250. The molecule has 2 aromatic carbocycles. The number of halogens is 3. The molecule has 3 unspecified atom stereocenters. The maximum absolute atomic E-state index is 13.6. The lowest BCUT2D eigenvalue weighted by molar-refractivity contribution is -0.148. The molecule has 0 radical (unpaired) electrons. The highest BCUT2D eigenvalue weighted by Crippen LogP contribution is 2.38. The van der Waals surface area contributed by atoms with Gasteiger partial charge in [0.2, 0.25) is 0 Å². The Bertz CT molecular complexity index is 1350. The average molecular weight is 531 g/mol. The molecule has 202 valence electrons. The first-order valence-electron chi connectivity index (χ1n) is 12.9. The molecular weight excluding hydrogens is 497 g/mol. The van der Waals surface area contributed by atoms with Crippen LogP contribution in [-0.4, -0.2) is 11.2 Å². The lowest BCUT2D eigenvalue weighted by Crippen LogP contribution is -2.50. The third kappa shape index (κ3) is 7.32. The van der Waals surface area contributed by atoms with E-state index in [-0.39, 0.29) is 0 Å². The quantitative estimate of drug-likeness (QED) is 0.317. The summed E-state index contributed by atoms with van der Waals surface area (Å²) in [5, 5.41) is 12.9. The number of aryl methyl sites for hydroxylation is 1. The van der Waals surface area contributed by atoms with Crippen LogP contribution in [0.15, 0.2) is 109 Å². The number of nitrogens with two attached hydrogens (primary N) is 1. The van der Waals surface area contributed by atoms with E-state index in [1.54, 1.807) is 30.5 Å². The molecule has 0 saturated heterocycles. The van der Waals surface area contributed by atoms with Gasteiger partial charge < -0.3 is 5.73 Å². The van der Waals surface area contributed by atoms with E-state index in [1.165, 1.54) is 12.2 Å². The zero-order valence-electron chi connectivity index (χ0n) is 22.3. The van der Waals surface area contributed by atoms with Gasteiger partial charge in [0, 0.05) is 12.6 Å². The summed E-state index contributed by atoms with van der Waals surface area (Å²) in [5.41, 5.74) is 9.82. The molecule has 4 rings (SSSR count). The Labute approximate surface area is 228 Å². The molecule has 0 fully saturated rings. The van der Waals surface area contributed by atoms with Gasteiger partial charge >= 0.3 is 6.18 Å². The molecule has 1 aliphatic carbocycles. The minimum absolute atomic E-state index is 0.371. The van der Waals surface area contributed by atoms with Crippen LogP contribution in [-0.2, 0) is 12.0 Å². The molecular formula is C32H33F3N4. The molecule has 7 heteroatoms. The van der Waals surface area contributed by atoms with Crippen LogP contribution in [0.5, 0.6) is 0 Å². The van der Waals surface area contributed by atoms with Crippen LogP contribution in [0, 0.1) is 24.2 Å². The van der Waals surface area contributed by atoms with Crippen LogP contribution in [0.2, 0.25) is 0 Å². The summed E-state index contributed by atoms with van der Waals surface area (Å²) in [7, 11) is 0. The van der Waals surface area contributed by atoms with E-state index in [1.807, 2.05) is 69.3 Å². The molecule has 1 aliphatic rings. The molecule has 0 saturated carbocycles. The highest BCUT2D eigenvalue weighted by molar-refractivity contribution is 5.45. The van der Waals surface area contributed by atoms with Crippen LogP contribution >= 0.6 is 0 Å². The van der Waals surface area contributed by atoms with E-state index in [0.717, 1.165) is 23.3 Å². The molecule has 1 heterocycles. The van der Waals surface area contributed by atoms with E-state index in [9.17, 15) is 18.4 Å². The summed E-state index contributed by atoms with van der Waals surface area (Å²) >= 11 is 0. The highest BCUT2D eigenvalue weighted by atomic mass is 19.4. The summed E-state index contributed by atoms with van der Waals surface area (Å²) in [6.45, 7) is 5.92. The van der Waals surface area contributed by atoms with Crippen molar-refractivity contribution in [2.24, 2.45) is 11.7 Å². The largest absolute Gasteiger partial charge is 0.398 e. The normalized spacial score (nSPS) is 17.1. The lowest BCUT2D eigenvalue weighted by Gasteiger charge is -2.39. The predicted molar refractivity (Wildman–Crippen MR) is 149 cm³/mol. The Morgan fingerprint density at radius 3 is 2.41 bits per heavy atom. The van der Waals surface area contributed by atoms with Gasteiger partial charge in [-0.3, -0.25) is 10.3 Å². The third-order valence-corrected chi connectivity index (χ3v) is 6.39. The summed E-state index contributed by atoms with van der Waals surface area (Å²) in [4.78, 5) is 4.71. The van der Waals surface area contributed by atoms with Crippen molar-refractivity contribution in [3.63, 3.8) is 0 Å². The number of allylic oxidation sites excluding steroid dienone is 4. The molecule has 0 bridgehead atoms. The monoisotopic (exact) mass is 530 g/mol. The molecule has 1 aromatic heterocycles. The lowest BCUT2D eigenvalue weighted by atomic mass is 9.78. The van der Waals surface area contributed by atoms with Crippen LogP contribution in [0.1, 0.15) is 48.0 Å². The number of hydrogen-bond donors (Lipinski definition) is 2. The Balaban J connectivity index is 0.00000205. The number of benzene rings is 2. The van der Waals surface area contributed by atoms with E-state index in [4.69, 9.17) is 10.7 Å². The maximum Gasteiger partial charge on any atom is 0.398 e. The third-order valence-electron chi connectivity index (χ3n) is 6.39. The van der Waals surface area contributed by atoms with Crippen LogP contribution in [0.25, 0.3) is 0 Å².